The fourth-order valence-corrected chi connectivity index (χ4v) is 5.18. The number of hydrogen-bond donors (Lipinski definition) is 2. The van der Waals surface area contributed by atoms with Crippen LogP contribution in [-0.4, -0.2) is 79.3 Å². The van der Waals surface area contributed by atoms with E-state index in [1.54, 1.807) is 36.4 Å². The number of aliphatic hydroxyl groups excluding tert-OH is 1. The molecule has 0 saturated carbocycles. The van der Waals surface area contributed by atoms with Crippen molar-refractivity contribution < 1.29 is 51.7 Å². The van der Waals surface area contributed by atoms with Crippen LogP contribution < -0.4 is 14.8 Å². The first-order chi connectivity index (χ1) is 23.9. The maximum Gasteiger partial charge on any atom is 0.432 e. The molecule has 1 heterocycles. The lowest BCUT2D eigenvalue weighted by Crippen LogP contribution is -2.41. The molecule has 15 heteroatoms. The number of carbonyl (C=O) groups is 2. The number of aliphatic hydroxyl groups is 1. The first-order valence-electron chi connectivity index (χ1n) is 15.5. The molecule has 1 aliphatic rings. The number of allylic oxidation sites excluding steroid dienone is 3. The van der Waals surface area contributed by atoms with Gasteiger partial charge in [0.25, 0.3) is 5.69 Å². The maximum atomic E-state index is 14.6. The number of nitro benzene ring substituents is 1. The highest BCUT2D eigenvalue weighted by atomic mass is 19.4. The van der Waals surface area contributed by atoms with Crippen molar-refractivity contribution in [3.63, 3.8) is 0 Å². The fraction of sp³-hybridized carbons (Fsp3) is 0.314. The minimum Gasteiger partial charge on any atom is -0.492 e. The number of nitrogens with one attached hydrogen (secondary N) is 1. The number of para-hydroxylation sites is 1. The molecule has 2 atom stereocenters. The summed E-state index contributed by atoms with van der Waals surface area (Å²) in [4.78, 5) is 36.8. The van der Waals surface area contributed by atoms with Gasteiger partial charge in [0.1, 0.15) is 36.5 Å². The SMILES string of the molecule is COC(=O)C1=C(C(F)(F)F)N(C(=O)OCCc2cccc(OCCNCC(O)COc3ccccc3)c2)C(C)=CC1c1cccc([N+](=O)[O-])c1. The minimum absolute atomic E-state index is 0.0256. The largest absolute Gasteiger partial charge is 0.492 e. The summed E-state index contributed by atoms with van der Waals surface area (Å²) in [6.07, 6.45) is -5.96. The second kappa shape index (κ2) is 17.3. The number of nitrogens with zero attached hydrogens (tertiary/aromatic N) is 2. The number of ether oxygens (including phenoxy) is 4. The fourth-order valence-electron chi connectivity index (χ4n) is 5.18. The highest BCUT2D eigenvalue weighted by Gasteiger charge is 2.49. The molecule has 2 unspecified atom stereocenters. The lowest BCUT2D eigenvalue weighted by molar-refractivity contribution is -0.384. The number of carbonyl (C=O) groups excluding carboxylic acids is 2. The number of halogens is 3. The third-order valence-electron chi connectivity index (χ3n) is 7.47. The lowest BCUT2D eigenvalue weighted by Gasteiger charge is -2.34. The van der Waals surface area contributed by atoms with Crippen LogP contribution in [0.1, 0.15) is 24.0 Å². The van der Waals surface area contributed by atoms with Crippen molar-refractivity contribution in [2.75, 3.05) is 40.0 Å². The summed E-state index contributed by atoms with van der Waals surface area (Å²) in [7, 11) is 0.893. The molecular formula is C35H36F3N3O9. The average molecular weight is 700 g/mol. The van der Waals surface area contributed by atoms with E-state index in [1.165, 1.54) is 25.1 Å². The van der Waals surface area contributed by atoms with Crippen molar-refractivity contribution in [1.82, 2.24) is 10.2 Å². The van der Waals surface area contributed by atoms with E-state index in [1.807, 2.05) is 18.2 Å². The van der Waals surface area contributed by atoms with Crippen molar-refractivity contribution in [2.45, 2.75) is 31.5 Å². The first-order valence-corrected chi connectivity index (χ1v) is 15.5. The molecule has 0 bridgehead atoms. The molecular weight excluding hydrogens is 663 g/mol. The number of methoxy groups -OCH3 is 1. The molecule has 1 amide bonds. The van der Waals surface area contributed by atoms with Crippen LogP contribution in [0.2, 0.25) is 0 Å². The predicted molar refractivity (Wildman–Crippen MR) is 174 cm³/mol. The normalized spacial score (nSPS) is 15.2. The van der Waals surface area contributed by atoms with Crippen LogP contribution in [0.3, 0.4) is 0 Å². The molecule has 0 aromatic heterocycles. The van der Waals surface area contributed by atoms with Crippen LogP contribution in [0.4, 0.5) is 23.7 Å². The summed E-state index contributed by atoms with van der Waals surface area (Å²) in [6, 6.07) is 20.8. The molecule has 0 radical (unpaired) electrons. The van der Waals surface area contributed by atoms with E-state index >= 15 is 0 Å². The van der Waals surface area contributed by atoms with Gasteiger partial charge in [-0.3, -0.25) is 10.1 Å². The lowest BCUT2D eigenvalue weighted by atomic mass is 9.85. The Hall–Kier alpha value is -5.41. The van der Waals surface area contributed by atoms with Crippen LogP contribution in [0.5, 0.6) is 11.5 Å². The van der Waals surface area contributed by atoms with Gasteiger partial charge in [0.2, 0.25) is 0 Å². The summed E-state index contributed by atoms with van der Waals surface area (Å²) in [5, 5.41) is 24.5. The Labute approximate surface area is 285 Å². The zero-order valence-electron chi connectivity index (χ0n) is 27.2. The molecule has 2 N–H and O–H groups in total. The van der Waals surface area contributed by atoms with Crippen LogP contribution in [0, 0.1) is 10.1 Å². The summed E-state index contributed by atoms with van der Waals surface area (Å²) in [5.74, 6) is -1.60. The summed E-state index contributed by atoms with van der Waals surface area (Å²) >= 11 is 0. The van der Waals surface area contributed by atoms with E-state index in [-0.39, 0.29) is 54.6 Å². The number of non-ortho nitro benzene ring substituents is 1. The molecule has 0 saturated heterocycles. The molecule has 0 aliphatic carbocycles. The Morgan fingerprint density at radius 3 is 2.42 bits per heavy atom. The van der Waals surface area contributed by atoms with Gasteiger partial charge in [-0.2, -0.15) is 13.2 Å². The molecule has 12 nitrogen and oxygen atoms in total. The smallest absolute Gasteiger partial charge is 0.432 e. The molecule has 50 heavy (non-hydrogen) atoms. The number of alkyl halides is 3. The van der Waals surface area contributed by atoms with Crippen molar-refractivity contribution in [1.29, 1.82) is 0 Å². The van der Waals surface area contributed by atoms with Crippen molar-refractivity contribution >= 4 is 17.7 Å². The van der Waals surface area contributed by atoms with Gasteiger partial charge in [-0.05, 0) is 42.3 Å². The summed E-state index contributed by atoms with van der Waals surface area (Å²) in [5.41, 5.74) is -2.41. The standard InChI is InChI=1S/C35H36F3N3O9/c1-23-18-30(25-9-7-10-26(20-25)41(45)46)31(33(43)47-2)32(35(36,37)38)40(23)34(44)49-16-14-24-8-6-13-29(19-24)48-17-15-39-21-27(42)22-50-28-11-4-3-5-12-28/h3-13,18-20,27,30,39,42H,14-17,21-22H2,1-2H3. The zero-order valence-corrected chi connectivity index (χ0v) is 27.2. The molecule has 3 aromatic carbocycles. The highest BCUT2D eigenvalue weighted by Crippen LogP contribution is 2.44. The van der Waals surface area contributed by atoms with Crippen molar-refractivity contribution in [3.8, 4) is 11.5 Å². The Morgan fingerprint density at radius 2 is 1.72 bits per heavy atom. The number of benzene rings is 3. The summed E-state index contributed by atoms with van der Waals surface area (Å²) in [6.45, 7) is 2.05. The van der Waals surface area contributed by atoms with Gasteiger partial charge in [-0.15, -0.1) is 0 Å². The van der Waals surface area contributed by atoms with Crippen LogP contribution in [0.25, 0.3) is 0 Å². The molecule has 0 fully saturated rings. The molecule has 4 rings (SSSR count). The van der Waals surface area contributed by atoms with Gasteiger partial charge >= 0.3 is 18.2 Å². The Bertz CT molecular complexity index is 1710. The second-order valence-electron chi connectivity index (χ2n) is 11.1. The van der Waals surface area contributed by atoms with Crippen molar-refractivity contribution in [2.24, 2.45) is 0 Å². The monoisotopic (exact) mass is 699 g/mol. The zero-order chi connectivity index (χ0) is 36.3. The number of esters is 1. The summed E-state index contributed by atoms with van der Waals surface area (Å²) < 4.78 is 65.0. The highest BCUT2D eigenvalue weighted by molar-refractivity contribution is 5.94. The van der Waals surface area contributed by atoms with E-state index in [4.69, 9.17) is 14.2 Å². The van der Waals surface area contributed by atoms with Gasteiger partial charge in [0.15, 0.2) is 0 Å². The number of rotatable bonds is 15. The van der Waals surface area contributed by atoms with E-state index in [9.17, 15) is 38.0 Å². The Kier molecular flexibility index (Phi) is 12.9. The maximum absolute atomic E-state index is 14.6. The number of nitro groups is 1. The van der Waals surface area contributed by atoms with Crippen LogP contribution in [0.15, 0.2) is 102 Å². The predicted octanol–water partition coefficient (Wildman–Crippen LogP) is 5.67. The van der Waals surface area contributed by atoms with Gasteiger partial charge in [0, 0.05) is 43.3 Å². The molecule has 0 spiro atoms. The topological polar surface area (TPSA) is 150 Å². The minimum atomic E-state index is -5.22. The van der Waals surface area contributed by atoms with E-state index in [0.29, 0.717) is 23.6 Å². The molecule has 1 aliphatic heterocycles. The third-order valence-corrected chi connectivity index (χ3v) is 7.47. The van der Waals surface area contributed by atoms with Crippen LogP contribution in [-0.2, 0) is 20.7 Å². The van der Waals surface area contributed by atoms with Gasteiger partial charge in [0.05, 0.1) is 24.2 Å². The third kappa shape index (κ3) is 10.1. The Morgan fingerprint density at radius 1 is 1.00 bits per heavy atom. The van der Waals surface area contributed by atoms with E-state index in [2.05, 4.69) is 10.1 Å². The van der Waals surface area contributed by atoms with E-state index < -0.39 is 46.5 Å². The molecule has 3 aromatic rings. The second-order valence-corrected chi connectivity index (χ2v) is 11.1. The van der Waals surface area contributed by atoms with Crippen molar-refractivity contribution in [3.05, 3.63) is 123 Å². The van der Waals surface area contributed by atoms with Gasteiger partial charge in [-0.25, -0.2) is 14.5 Å². The quantitative estimate of drug-likeness (QED) is 0.0879. The first kappa shape index (κ1) is 37.4. The Balaban J connectivity index is 1.35. The van der Waals surface area contributed by atoms with Gasteiger partial charge < -0.3 is 29.4 Å². The average Bonchev–Trinajstić information content (AvgIpc) is 3.10. The number of hydrogen-bond acceptors (Lipinski definition) is 10. The van der Waals surface area contributed by atoms with Crippen LogP contribution >= 0.6 is 0 Å². The van der Waals surface area contributed by atoms with E-state index in [0.717, 1.165) is 19.2 Å². The number of amides is 1. The molecule has 266 valence electrons. The van der Waals surface area contributed by atoms with Gasteiger partial charge in [-0.1, -0.05) is 48.5 Å².